The Kier molecular flexibility index (Phi) is 2.27. The van der Waals surface area contributed by atoms with Crippen LogP contribution in [0.25, 0.3) is 16.9 Å². The van der Waals surface area contributed by atoms with Gasteiger partial charge in [-0.1, -0.05) is 23.7 Å². The third-order valence-corrected chi connectivity index (χ3v) is 3.05. The van der Waals surface area contributed by atoms with Gasteiger partial charge in [0.15, 0.2) is 0 Å². The molecular weight excluding hydrogens is 234 g/mol. The molecule has 0 bridgehead atoms. The van der Waals surface area contributed by atoms with E-state index < -0.39 is 0 Å². The molecule has 0 unspecified atom stereocenters. The van der Waals surface area contributed by atoms with Crippen LogP contribution in [-0.4, -0.2) is 9.38 Å². The predicted octanol–water partition coefficient (Wildman–Crippen LogP) is 3.24. The zero-order valence-corrected chi connectivity index (χ0v) is 9.72. The zero-order chi connectivity index (χ0) is 11.8. The minimum absolute atomic E-state index is 0.569. The summed E-state index contributed by atoms with van der Waals surface area (Å²) in [6.45, 7) is 0. The average molecular weight is 244 g/mol. The smallest absolute Gasteiger partial charge is 0.137 e. The van der Waals surface area contributed by atoms with Crippen molar-refractivity contribution in [3.8, 4) is 11.3 Å². The molecule has 2 heterocycles. The molecule has 17 heavy (non-hydrogen) atoms. The maximum absolute atomic E-state index is 6.04. The second-order valence-corrected chi connectivity index (χ2v) is 4.21. The molecule has 0 aliphatic heterocycles. The van der Waals surface area contributed by atoms with Crippen LogP contribution in [0, 0.1) is 0 Å². The van der Waals surface area contributed by atoms with Gasteiger partial charge in [-0.25, -0.2) is 4.98 Å². The van der Waals surface area contributed by atoms with E-state index in [1.807, 2.05) is 47.0 Å². The standard InChI is InChI=1S/C13H10ClN3/c14-10-8-9(4-5-11(10)15)12-2-1-3-13-16-6-7-17(12)13/h1-8H,15H2. The predicted molar refractivity (Wildman–Crippen MR) is 70.1 cm³/mol. The number of rotatable bonds is 1. The number of pyridine rings is 1. The number of nitrogens with two attached hydrogens (primary N) is 1. The summed E-state index contributed by atoms with van der Waals surface area (Å²) in [5.41, 5.74) is 9.28. The van der Waals surface area contributed by atoms with E-state index in [1.165, 1.54) is 0 Å². The van der Waals surface area contributed by atoms with Gasteiger partial charge in [-0.3, -0.25) is 4.40 Å². The molecular formula is C13H10ClN3. The van der Waals surface area contributed by atoms with Crippen molar-refractivity contribution < 1.29 is 0 Å². The minimum Gasteiger partial charge on any atom is -0.398 e. The molecule has 0 aliphatic rings. The van der Waals surface area contributed by atoms with Gasteiger partial charge in [-0.15, -0.1) is 0 Å². The SMILES string of the molecule is Nc1ccc(-c2cccc3nccn23)cc1Cl. The maximum Gasteiger partial charge on any atom is 0.137 e. The summed E-state index contributed by atoms with van der Waals surface area (Å²) in [6.07, 6.45) is 3.70. The molecule has 3 nitrogen and oxygen atoms in total. The lowest BCUT2D eigenvalue weighted by molar-refractivity contribution is 1.19. The van der Waals surface area contributed by atoms with Crippen molar-refractivity contribution in [2.45, 2.75) is 0 Å². The number of aromatic nitrogens is 2. The van der Waals surface area contributed by atoms with Gasteiger partial charge in [0, 0.05) is 18.0 Å². The van der Waals surface area contributed by atoms with Crippen LogP contribution in [-0.2, 0) is 0 Å². The van der Waals surface area contributed by atoms with Gasteiger partial charge in [0.05, 0.1) is 16.4 Å². The van der Waals surface area contributed by atoms with E-state index in [9.17, 15) is 0 Å². The Bertz CT molecular complexity index is 688. The number of anilines is 1. The maximum atomic E-state index is 6.04. The van der Waals surface area contributed by atoms with Crippen molar-refractivity contribution in [2.75, 3.05) is 5.73 Å². The summed E-state index contributed by atoms with van der Waals surface area (Å²) in [7, 11) is 0. The molecule has 0 aliphatic carbocycles. The number of imidazole rings is 1. The third-order valence-electron chi connectivity index (χ3n) is 2.72. The number of halogens is 1. The minimum atomic E-state index is 0.569. The molecule has 0 atom stereocenters. The van der Waals surface area contributed by atoms with Gasteiger partial charge < -0.3 is 5.73 Å². The van der Waals surface area contributed by atoms with Gasteiger partial charge in [0.25, 0.3) is 0 Å². The van der Waals surface area contributed by atoms with Crippen LogP contribution in [0.5, 0.6) is 0 Å². The van der Waals surface area contributed by atoms with Crippen molar-refractivity contribution in [3.05, 3.63) is 53.8 Å². The largest absolute Gasteiger partial charge is 0.398 e. The van der Waals surface area contributed by atoms with Crippen molar-refractivity contribution >= 4 is 22.9 Å². The van der Waals surface area contributed by atoms with E-state index >= 15 is 0 Å². The van der Waals surface area contributed by atoms with Crippen LogP contribution in [0.3, 0.4) is 0 Å². The number of hydrogen-bond donors (Lipinski definition) is 1. The van der Waals surface area contributed by atoms with Crippen LogP contribution < -0.4 is 5.73 Å². The Morgan fingerprint density at radius 1 is 1.18 bits per heavy atom. The molecule has 3 rings (SSSR count). The first-order chi connectivity index (χ1) is 8.25. The van der Waals surface area contributed by atoms with E-state index in [0.29, 0.717) is 10.7 Å². The fraction of sp³-hybridized carbons (Fsp3) is 0. The molecule has 0 radical (unpaired) electrons. The molecule has 0 spiro atoms. The van der Waals surface area contributed by atoms with Crippen LogP contribution >= 0.6 is 11.6 Å². The second-order valence-electron chi connectivity index (χ2n) is 3.80. The number of fused-ring (bicyclic) bond motifs is 1. The van der Waals surface area contributed by atoms with Crippen molar-refractivity contribution in [1.29, 1.82) is 0 Å². The van der Waals surface area contributed by atoms with Crippen molar-refractivity contribution in [1.82, 2.24) is 9.38 Å². The van der Waals surface area contributed by atoms with Crippen LogP contribution in [0.2, 0.25) is 5.02 Å². The zero-order valence-electron chi connectivity index (χ0n) is 8.97. The highest BCUT2D eigenvalue weighted by molar-refractivity contribution is 6.33. The van der Waals surface area contributed by atoms with Gasteiger partial charge in [0.1, 0.15) is 5.65 Å². The molecule has 0 saturated heterocycles. The number of benzene rings is 1. The molecule has 0 amide bonds. The molecule has 0 fully saturated rings. The van der Waals surface area contributed by atoms with Crippen molar-refractivity contribution in [3.63, 3.8) is 0 Å². The van der Waals surface area contributed by atoms with Gasteiger partial charge >= 0.3 is 0 Å². The van der Waals surface area contributed by atoms with E-state index in [0.717, 1.165) is 16.9 Å². The molecule has 2 N–H and O–H groups in total. The molecule has 84 valence electrons. The Morgan fingerprint density at radius 3 is 2.88 bits per heavy atom. The summed E-state index contributed by atoms with van der Waals surface area (Å²) in [6, 6.07) is 11.6. The fourth-order valence-electron chi connectivity index (χ4n) is 1.87. The summed E-state index contributed by atoms with van der Waals surface area (Å²) in [5, 5.41) is 0.569. The molecule has 3 aromatic rings. The fourth-order valence-corrected chi connectivity index (χ4v) is 2.05. The first-order valence-corrected chi connectivity index (χ1v) is 5.61. The Labute approximate surface area is 103 Å². The summed E-state index contributed by atoms with van der Waals surface area (Å²) in [5.74, 6) is 0. The topological polar surface area (TPSA) is 43.3 Å². The Morgan fingerprint density at radius 2 is 2.06 bits per heavy atom. The molecule has 0 saturated carbocycles. The Hall–Kier alpha value is -2.00. The molecule has 2 aromatic heterocycles. The highest BCUT2D eigenvalue weighted by Gasteiger charge is 2.05. The summed E-state index contributed by atoms with van der Waals surface area (Å²) < 4.78 is 2.02. The van der Waals surface area contributed by atoms with E-state index in [1.54, 1.807) is 6.20 Å². The number of nitrogen functional groups attached to an aromatic ring is 1. The third kappa shape index (κ3) is 1.65. The van der Waals surface area contributed by atoms with Gasteiger partial charge in [-0.2, -0.15) is 0 Å². The van der Waals surface area contributed by atoms with E-state index in [-0.39, 0.29) is 0 Å². The molecule has 4 heteroatoms. The highest BCUT2D eigenvalue weighted by atomic mass is 35.5. The summed E-state index contributed by atoms with van der Waals surface area (Å²) in [4.78, 5) is 4.25. The normalized spacial score (nSPS) is 10.9. The van der Waals surface area contributed by atoms with Crippen molar-refractivity contribution in [2.24, 2.45) is 0 Å². The monoisotopic (exact) mass is 243 g/mol. The number of hydrogen-bond acceptors (Lipinski definition) is 2. The van der Waals surface area contributed by atoms with Crippen LogP contribution in [0.15, 0.2) is 48.8 Å². The lowest BCUT2D eigenvalue weighted by Gasteiger charge is -2.07. The lowest BCUT2D eigenvalue weighted by Crippen LogP contribution is -1.92. The lowest BCUT2D eigenvalue weighted by atomic mass is 10.1. The second kappa shape index (κ2) is 3.79. The summed E-state index contributed by atoms with van der Waals surface area (Å²) >= 11 is 6.04. The number of nitrogens with zero attached hydrogens (tertiary/aromatic N) is 2. The first kappa shape index (κ1) is 10.2. The van der Waals surface area contributed by atoms with Gasteiger partial charge in [0.2, 0.25) is 0 Å². The van der Waals surface area contributed by atoms with Gasteiger partial charge in [-0.05, 0) is 24.3 Å². The molecule has 1 aromatic carbocycles. The van der Waals surface area contributed by atoms with E-state index in [2.05, 4.69) is 4.98 Å². The van der Waals surface area contributed by atoms with Crippen LogP contribution in [0.1, 0.15) is 0 Å². The van der Waals surface area contributed by atoms with E-state index in [4.69, 9.17) is 17.3 Å². The van der Waals surface area contributed by atoms with Crippen LogP contribution in [0.4, 0.5) is 5.69 Å². The Balaban J connectivity index is 2.26. The average Bonchev–Trinajstić information content (AvgIpc) is 2.80. The first-order valence-electron chi connectivity index (χ1n) is 5.23. The highest BCUT2D eigenvalue weighted by Crippen LogP contribution is 2.27. The quantitative estimate of drug-likeness (QED) is 0.667.